The minimum Gasteiger partial charge on any atom is -0.321 e. The molecule has 1 aromatic carbocycles. The molecule has 0 aliphatic heterocycles. The minimum atomic E-state index is -0.401. The van der Waals surface area contributed by atoms with Crippen LogP contribution in [0.1, 0.15) is 41.6 Å². The Labute approximate surface area is 84.1 Å². The normalized spacial score (nSPS) is 17.9. The SMILES string of the molecule is CC(N)C(=O)c1ccc(C2CC2)cc1. The van der Waals surface area contributed by atoms with Crippen LogP contribution in [-0.2, 0) is 0 Å². The highest BCUT2D eigenvalue weighted by Crippen LogP contribution is 2.39. The number of benzene rings is 1. The topological polar surface area (TPSA) is 43.1 Å². The van der Waals surface area contributed by atoms with E-state index in [1.54, 1.807) is 6.92 Å². The van der Waals surface area contributed by atoms with Crippen LogP contribution in [0.15, 0.2) is 24.3 Å². The monoisotopic (exact) mass is 189 g/mol. The molecule has 2 N–H and O–H groups in total. The zero-order valence-electron chi connectivity index (χ0n) is 8.36. The lowest BCUT2D eigenvalue weighted by molar-refractivity contribution is 0.0968. The molecule has 2 heteroatoms. The highest BCUT2D eigenvalue weighted by atomic mass is 16.1. The molecule has 1 aromatic rings. The third kappa shape index (κ3) is 1.85. The molecule has 1 unspecified atom stereocenters. The van der Waals surface area contributed by atoms with Crippen LogP contribution in [0.25, 0.3) is 0 Å². The van der Waals surface area contributed by atoms with Gasteiger partial charge in [0, 0.05) is 5.56 Å². The number of carbonyl (C=O) groups excluding carboxylic acids is 1. The summed E-state index contributed by atoms with van der Waals surface area (Å²) in [7, 11) is 0. The molecule has 1 saturated carbocycles. The fourth-order valence-corrected chi connectivity index (χ4v) is 1.60. The van der Waals surface area contributed by atoms with Crippen LogP contribution in [0, 0.1) is 0 Å². The maximum atomic E-state index is 11.5. The summed E-state index contributed by atoms with van der Waals surface area (Å²) in [5, 5.41) is 0. The van der Waals surface area contributed by atoms with Gasteiger partial charge in [0.1, 0.15) is 0 Å². The molecule has 0 bridgehead atoms. The standard InChI is InChI=1S/C12H15NO/c1-8(13)12(14)11-6-4-10(5-7-11)9-2-3-9/h4-9H,2-3,13H2,1H3. The maximum absolute atomic E-state index is 11.5. The molecule has 0 heterocycles. The smallest absolute Gasteiger partial charge is 0.179 e. The Morgan fingerprint density at radius 3 is 2.36 bits per heavy atom. The largest absolute Gasteiger partial charge is 0.321 e. The van der Waals surface area contributed by atoms with Crippen LogP contribution < -0.4 is 5.73 Å². The van der Waals surface area contributed by atoms with Gasteiger partial charge in [0.05, 0.1) is 6.04 Å². The van der Waals surface area contributed by atoms with Gasteiger partial charge in [-0.1, -0.05) is 24.3 Å². The molecule has 14 heavy (non-hydrogen) atoms. The first-order valence-electron chi connectivity index (χ1n) is 5.08. The second kappa shape index (κ2) is 3.54. The lowest BCUT2D eigenvalue weighted by atomic mass is 10.0. The predicted octanol–water partition coefficient (Wildman–Crippen LogP) is 2.09. The summed E-state index contributed by atoms with van der Waals surface area (Å²) in [5.74, 6) is 0.766. The zero-order chi connectivity index (χ0) is 10.1. The van der Waals surface area contributed by atoms with Crippen LogP contribution in [0.2, 0.25) is 0 Å². The second-order valence-electron chi connectivity index (χ2n) is 4.05. The lowest BCUT2D eigenvalue weighted by Gasteiger charge is -2.05. The highest BCUT2D eigenvalue weighted by molar-refractivity contribution is 5.99. The summed E-state index contributed by atoms with van der Waals surface area (Å²) in [4.78, 5) is 11.5. The van der Waals surface area contributed by atoms with Crippen molar-refractivity contribution in [2.24, 2.45) is 5.73 Å². The van der Waals surface area contributed by atoms with E-state index in [4.69, 9.17) is 5.73 Å². The van der Waals surface area contributed by atoms with Crippen LogP contribution in [0.3, 0.4) is 0 Å². The Balaban J connectivity index is 2.16. The number of hydrogen-bond acceptors (Lipinski definition) is 2. The molecule has 2 rings (SSSR count). The van der Waals surface area contributed by atoms with Crippen molar-refractivity contribution < 1.29 is 4.79 Å². The Morgan fingerprint density at radius 1 is 1.36 bits per heavy atom. The zero-order valence-corrected chi connectivity index (χ0v) is 8.36. The number of hydrogen-bond donors (Lipinski definition) is 1. The number of carbonyl (C=O) groups is 1. The van der Waals surface area contributed by atoms with Crippen LogP contribution >= 0.6 is 0 Å². The molecule has 1 aliphatic carbocycles. The molecule has 0 saturated heterocycles. The number of rotatable bonds is 3. The summed E-state index contributed by atoms with van der Waals surface area (Å²) in [6, 6.07) is 7.47. The van der Waals surface area contributed by atoms with Gasteiger partial charge in [-0.25, -0.2) is 0 Å². The number of nitrogens with two attached hydrogens (primary N) is 1. The van der Waals surface area contributed by atoms with Crippen LogP contribution in [0.4, 0.5) is 0 Å². The Kier molecular flexibility index (Phi) is 2.38. The van der Waals surface area contributed by atoms with Crippen molar-refractivity contribution in [3.05, 3.63) is 35.4 Å². The predicted molar refractivity (Wildman–Crippen MR) is 56.4 cm³/mol. The van der Waals surface area contributed by atoms with Gasteiger partial charge in [0.2, 0.25) is 0 Å². The van der Waals surface area contributed by atoms with Crippen molar-refractivity contribution in [2.45, 2.75) is 31.7 Å². The van der Waals surface area contributed by atoms with E-state index >= 15 is 0 Å². The van der Waals surface area contributed by atoms with Gasteiger partial charge in [0.25, 0.3) is 0 Å². The molecule has 1 atom stereocenters. The van der Waals surface area contributed by atoms with Crippen molar-refractivity contribution in [1.82, 2.24) is 0 Å². The van der Waals surface area contributed by atoms with Crippen molar-refractivity contribution in [3.8, 4) is 0 Å². The van der Waals surface area contributed by atoms with E-state index in [0.29, 0.717) is 0 Å². The summed E-state index contributed by atoms with van der Waals surface area (Å²) in [6.45, 7) is 1.72. The third-order valence-corrected chi connectivity index (χ3v) is 2.66. The molecule has 0 amide bonds. The van der Waals surface area contributed by atoms with Crippen molar-refractivity contribution in [1.29, 1.82) is 0 Å². The van der Waals surface area contributed by atoms with Gasteiger partial charge in [-0.2, -0.15) is 0 Å². The van der Waals surface area contributed by atoms with Crippen molar-refractivity contribution in [3.63, 3.8) is 0 Å². The quantitative estimate of drug-likeness (QED) is 0.740. The van der Waals surface area contributed by atoms with Crippen molar-refractivity contribution in [2.75, 3.05) is 0 Å². The number of ketones is 1. The van der Waals surface area contributed by atoms with Crippen LogP contribution in [0.5, 0.6) is 0 Å². The molecule has 1 aliphatic rings. The average Bonchev–Trinajstić information content (AvgIpc) is 3.00. The maximum Gasteiger partial charge on any atom is 0.179 e. The Morgan fingerprint density at radius 2 is 1.93 bits per heavy atom. The van der Waals surface area contributed by atoms with Gasteiger partial charge >= 0.3 is 0 Å². The number of Topliss-reactive ketones (excluding diaryl/α,β-unsaturated/α-hetero) is 1. The molecule has 0 radical (unpaired) electrons. The van der Waals surface area contributed by atoms with E-state index in [9.17, 15) is 4.79 Å². The fourth-order valence-electron chi connectivity index (χ4n) is 1.60. The van der Waals surface area contributed by atoms with Gasteiger partial charge in [-0.15, -0.1) is 0 Å². The van der Waals surface area contributed by atoms with Gasteiger partial charge in [-0.05, 0) is 31.2 Å². The molecule has 74 valence electrons. The molecular formula is C12H15NO. The first-order chi connectivity index (χ1) is 6.68. The first kappa shape index (κ1) is 9.41. The Hall–Kier alpha value is -1.15. The van der Waals surface area contributed by atoms with Crippen LogP contribution in [-0.4, -0.2) is 11.8 Å². The van der Waals surface area contributed by atoms with E-state index < -0.39 is 6.04 Å². The van der Waals surface area contributed by atoms with Crippen molar-refractivity contribution >= 4 is 5.78 Å². The van der Waals surface area contributed by atoms with E-state index in [1.807, 2.05) is 24.3 Å². The Bertz CT molecular complexity index is 336. The fraction of sp³-hybridized carbons (Fsp3) is 0.417. The summed E-state index contributed by atoms with van der Waals surface area (Å²) >= 11 is 0. The summed E-state index contributed by atoms with van der Waals surface area (Å²) in [5.41, 5.74) is 7.61. The highest BCUT2D eigenvalue weighted by Gasteiger charge is 2.23. The molecular weight excluding hydrogens is 174 g/mol. The first-order valence-corrected chi connectivity index (χ1v) is 5.08. The molecule has 0 aromatic heterocycles. The summed E-state index contributed by atoms with van der Waals surface area (Å²) < 4.78 is 0. The minimum absolute atomic E-state index is 0.0207. The second-order valence-corrected chi connectivity index (χ2v) is 4.05. The lowest BCUT2D eigenvalue weighted by Crippen LogP contribution is -2.26. The van der Waals surface area contributed by atoms with Gasteiger partial charge in [0.15, 0.2) is 5.78 Å². The van der Waals surface area contributed by atoms with E-state index in [2.05, 4.69) is 0 Å². The van der Waals surface area contributed by atoms with E-state index in [1.165, 1.54) is 18.4 Å². The average molecular weight is 189 g/mol. The molecule has 1 fully saturated rings. The van der Waals surface area contributed by atoms with E-state index in [-0.39, 0.29) is 5.78 Å². The van der Waals surface area contributed by atoms with Gasteiger partial charge < -0.3 is 5.73 Å². The molecule has 2 nitrogen and oxygen atoms in total. The van der Waals surface area contributed by atoms with Gasteiger partial charge in [-0.3, -0.25) is 4.79 Å². The summed E-state index contributed by atoms with van der Waals surface area (Å²) in [6.07, 6.45) is 2.58. The molecule has 0 spiro atoms. The van der Waals surface area contributed by atoms with E-state index in [0.717, 1.165) is 11.5 Å². The third-order valence-electron chi connectivity index (χ3n) is 2.66.